The van der Waals surface area contributed by atoms with E-state index < -0.39 is 0 Å². The van der Waals surface area contributed by atoms with Crippen LogP contribution in [0.4, 0.5) is 0 Å². The summed E-state index contributed by atoms with van der Waals surface area (Å²) in [4.78, 5) is 8.90. The van der Waals surface area contributed by atoms with Crippen molar-refractivity contribution in [2.24, 2.45) is 5.73 Å². The van der Waals surface area contributed by atoms with Crippen molar-refractivity contribution in [1.29, 1.82) is 0 Å². The molecule has 2 N–H and O–H groups in total. The average Bonchev–Trinajstić information content (AvgIpc) is 2.79. The number of nitrogens with zero attached hydrogens (tertiary/aromatic N) is 3. The molecule has 5 heteroatoms. The first-order valence-corrected chi connectivity index (χ1v) is 6.81. The molecule has 2 aromatic rings. The molecule has 0 saturated carbocycles. The fourth-order valence-electron chi connectivity index (χ4n) is 2.78. The van der Waals surface area contributed by atoms with E-state index in [4.69, 9.17) is 15.5 Å². The molecule has 0 unspecified atom stereocenters. The van der Waals surface area contributed by atoms with Gasteiger partial charge in [0.1, 0.15) is 11.3 Å². The maximum Gasteiger partial charge on any atom is 0.130 e. The molecule has 19 heavy (non-hydrogen) atoms. The van der Waals surface area contributed by atoms with Crippen molar-refractivity contribution in [3.8, 4) is 0 Å². The average molecular weight is 260 g/mol. The molecular weight excluding hydrogens is 240 g/mol. The monoisotopic (exact) mass is 260 g/mol. The van der Waals surface area contributed by atoms with Gasteiger partial charge in [-0.1, -0.05) is 0 Å². The van der Waals surface area contributed by atoms with Gasteiger partial charge in [-0.3, -0.25) is 4.98 Å². The van der Waals surface area contributed by atoms with Crippen molar-refractivity contribution in [3.05, 3.63) is 24.3 Å². The van der Waals surface area contributed by atoms with Crippen LogP contribution in [0.5, 0.6) is 0 Å². The molecule has 3 heterocycles. The van der Waals surface area contributed by atoms with Crippen LogP contribution in [0.15, 0.2) is 18.5 Å². The van der Waals surface area contributed by atoms with Crippen molar-refractivity contribution in [1.82, 2.24) is 14.5 Å². The van der Waals surface area contributed by atoms with Crippen LogP contribution in [0.25, 0.3) is 11.0 Å². The van der Waals surface area contributed by atoms with Gasteiger partial charge in [-0.25, -0.2) is 4.98 Å². The minimum absolute atomic E-state index is 0.325. The lowest BCUT2D eigenvalue weighted by Crippen LogP contribution is -2.44. The molecule has 1 saturated heterocycles. The number of aromatic nitrogens is 3. The number of fused-ring (bicyclic) bond motifs is 1. The lowest BCUT2D eigenvalue weighted by molar-refractivity contribution is 0.0477. The Labute approximate surface area is 112 Å². The molecule has 1 aliphatic heterocycles. The van der Waals surface area contributed by atoms with Crippen LogP contribution in [0, 0.1) is 0 Å². The molecule has 1 fully saturated rings. The molecule has 1 aliphatic rings. The van der Waals surface area contributed by atoms with Crippen LogP contribution in [0.2, 0.25) is 0 Å². The summed E-state index contributed by atoms with van der Waals surface area (Å²) in [5.74, 6) is 0.966. The number of ether oxygens (including phenoxy) is 1. The zero-order valence-electron chi connectivity index (χ0n) is 11.5. The third kappa shape index (κ3) is 2.03. The van der Waals surface area contributed by atoms with Gasteiger partial charge < -0.3 is 15.0 Å². The Bertz CT molecular complexity index is 584. The predicted octanol–water partition coefficient (Wildman–Crippen LogP) is 1.98. The predicted molar refractivity (Wildman–Crippen MR) is 73.8 cm³/mol. The van der Waals surface area contributed by atoms with Crippen LogP contribution < -0.4 is 5.73 Å². The second-order valence-corrected chi connectivity index (χ2v) is 5.53. The molecule has 2 aromatic heterocycles. The van der Waals surface area contributed by atoms with E-state index in [1.54, 1.807) is 12.4 Å². The van der Waals surface area contributed by atoms with Gasteiger partial charge in [0, 0.05) is 25.5 Å². The number of hydrogen-bond acceptors (Lipinski definition) is 4. The van der Waals surface area contributed by atoms with Crippen molar-refractivity contribution in [2.45, 2.75) is 38.3 Å². The van der Waals surface area contributed by atoms with Gasteiger partial charge >= 0.3 is 0 Å². The Morgan fingerprint density at radius 3 is 2.79 bits per heavy atom. The number of rotatable bonds is 2. The van der Waals surface area contributed by atoms with Gasteiger partial charge in [0.15, 0.2) is 0 Å². The molecule has 0 radical (unpaired) electrons. The summed E-state index contributed by atoms with van der Waals surface area (Å²) >= 11 is 0. The van der Waals surface area contributed by atoms with Crippen LogP contribution in [0.1, 0.15) is 38.6 Å². The quantitative estimate of drug-likeness (QED) is 0.896. The van der Waals surface area contributed by atoms with Crippen molar-refractivity contribution in [3.63, 3.8) is 0 Å². The highest BCUT2D eigenvalue weighted by Crippen LogP contribution is 2.33. The van der Waals surface area contributed by atoms with Crippen LogP contribution in [0.3, 0.4) is 0 Å². The molecule has 0 aliphatic carbocycles. The summed E-state index contributed by atoms with van der Waals surface area (Å²) in [6.07, 6.45) is 5.24. The third-order valence-electron chi connectivity index (χ3n) is 3.84. The highest BCUT2D eigenvalue weighted by Gasteiger charge is 2.35. The van der Waals surface area contributed by atoms with Gasteiger partial charge in [-0.2, -0.15) is 0 Å². The molecule has 0 atom stereocenters. The van der Waals surface area contributed by atoms with E-state index in [0.29, 0.717) is 19.3 Å². The zero-order valence-corrected chi connectivity index (χ0v) is 11.5. The van der Waals surface area contributed by atoms with Gasteiger partial charge in [-0.15, -0.1) is 0 Å². The van der Waals surface area contributed by atoms with Gasteiger partial charge in [0.25, 0.3) is 0 Å². The van der Waals surface area contributed by atoms with Crippen molar-refractivity contribution in [2.75, 3.05) is 13.2 Å². The summed E-state index contributed by atoms with van der Waals surface area (Å²) in [5.41, 5.74) is 8.24. The second kappa shape index (κ2) is 4.58. The third-order valence-corrected chi connectivity index (χ3v) is 3.84. The maximum absolute atomic E-state index is 6.60. The smallest absolute Gasteiger partial charge is 0.130 e. The Morgan fingerprint density at radius 2 is 2.11 bits per heavy atom. The molecule has 0 amide bonds. The highest BCUT2D eigenvalue weighted by atomic mass is 16.5. The van der Waals surface area contributed by atoms with Gasteiger partial charge in [0.2, 0.25) is 0 Å². The molecular formula is C14H20N4O. The second-order valence-electron chi connectivity index (χ2n) is 5.53. The standard InChI is InChI=1S/C14H20N4O/c1-10(2)18-12-3-6-16-9-11(12)17-13(18)14(15)4-7-19-8-5-14/h3,6,9-10H,4-5,7-8,15H2,1-2H3. The fraction of sp³-hybridized carbons (Fsp3) is 0.571. The van der Waals surface area contributed by atoms with Gasteiger partial charge in [-0.05, 0) is 32.8 Å². The topological polar surface area (TPSA) is 66.0 Å². The van der Waals surface area contributed by atoms with E-state index >= 15 is 0 Å². The first-order valence-electron chi connectivity index (χ1n) is 6.81. The summed E-state index contributed by atoms with van der Waals surface area (Å²) in [6, 6.07) is 2.33. The summed E-state index contributed by atoms with van der Waals surface area (Å²) in [6.45, 7) is 5.73. The number of nitrogens with two attached hydrogens (primary N) is 1. The normalized spacial score (nSPS) is 19.2. The number of imidazole rings is 1. The summed E-state index contributed by atoms with van der Waals surface area (Å²) in [5, 5.41) is 0. The lowest BCUT2D eigenvalue weighted by atomic mass is 9.90. The van der Waals surface area contributed by atoms with Crippen molar-refractivity contribution >= 4 is 11.0 Å². The van der Waals surface area contributed by atoms with E-state index in [1.807, 2.05) is 6.07 Å². The van der Waals surface area contributed by atoms with E-state index in [9.17, 15) is 0 Å². The molecule has 0 bridgehead atoms. The molecule has 0 spiro atoms. The number of hydrogen-bond donors (Lipinski definition) is 1. The molecule has 5 nitrogen and oxygen atoms in total. The number of pyridine rings is 1. The summed E-state index contributed by atoms with van der Waals surface area (Å²) < 4.78 is 7.67. The Kier molecular flexibility index (Phi) is 3.03. The van der Waals surface area contributed by atoms with E-state index in [-0.39, 0.29) is 5.54 Å². The molecule has 102 valence electrons. The summed E-state index contributed by atoms with van der Waals surface area (Å²) in [7, 11) is 0. The minimum Gasteiger partial charge on any atom is -0.381 e. The van der Waals surface area contributed by atoms with Crippen LogP contribution in [-0.4, -0.2) is 27.7 Å². The van der Waals surface area contributed by atoms with E-state index in [2.05, 4.69) is 23.4 Å². The Morgan fingerprint density at radius 1 is 1.37 bits per heavy atom. The van der Waals surface area contributed by atoms with Crippen LogP contribution in [-0.2, 0) is 10.3 Å². The zero-order chi connectivity index (χ0) is 13.5. The van der Waals surface area contributed by atoms with Crippen LogP contribution >= 0.6 is 0 Å². The van der Waals surface area contributed by atoms with Gasteiger partial charge in [0.05, 0.1) is 17.3 Å². The first kappa shape index (κ1) is 12.6. The largest absolute Gasteiger partial charge is 0.381 e. The van der Waals surface area contributed by atoms with Crippen molar-refractivity contribution < 1.29 is 4.74 Å². The Balaban J connectivity index is 2.19. The van der Waals surface area contributed by atoms with E-state index in [0.717, 1.165) is 29.7 Å². The first-order chi connectivity index (χ1) is 9.12. The van der Waals surface area contributed by atoms with E-state index in [1.165, 1.54) is 0 Å². The molecule has 0 aromatic carbocycles. The molecule has 3 rings (SSSR count). The Hall–Kier alpha value is -1.46. The SMILES string of the molecule is CC(C)n1c(C2(N)CCOCC2)nc2cnccc21. The minimum atomic E-state index is -0.387. The lowest BCUT2D eigenvalue weighted by Gasteiger charge is -2.34. The maximum atomic E-state index is 6.60. The fourth-order valence-corrected chi connectivity index (χ4v) is 2.78. The highest BCUT2D eigenvalue weighted by molar-refractivity contribution is 5.75.